The lowest BCUT2D eigenvalue weighted by Gasteiger charge is -2.28. The predicted octanol–water partition coefficient (Wildman–Crippen LogP) is 2.58. The molecule has 0 saturated carbocycles. The number of fused-ring (bicyclic) bond motifs is 1. The van der Waals surface area contributed by atoms with Crippen molar-refractivity contribution in [2.75, 3.05) is 23.3 Å². The summed E-state index contributed by atoms with van der Waals surface area (Å²) in [5.74, 6) is -0.497. The Labute approximate surface area is 164 Å². The Hall–Kier alpha value is -3.15. The molecule has 6 nitrogen and oxygen atoms in total. The Balaban J connectivity index is 1.44. The monoisotopic (exact) mass is 377 g/mol. The molecule has 1 atom stereocenters. The van der Waals surface area contributed by atoms with E-state index < -0.39 is 0 Å². The van der Waals surface area contributed by atoms with E-state index in [4.69, 9.17) is 0 Å². The maximum atomic E-state index is 12.7. The molecule has 1 fully saturated rings. The van der Waals surface area contributed by atoms with E-state index in [0.717, 1.165) is 24.2 Å². The van der Waals surface area contributed by atoms with Gasteiger partial charge < -0.3 is 15.1 Å². The van der Waals surface area contributed by atoms with Gasteiger partial charge >= 0.3 is 0 Å². The fraction of sp³-hybridized carbons (Fsp3) is 0.318. The molecule has 1 unspecified atom stereocenters. The Morgan fingerprint density at radius 1 is 1.07 bits per heavy atom. The minimum atomic E-state index is -0.377. The van der Waals surface area contributed by atoms with Gasteiger partial charge in [0.05, 0.1) is 5.92 Å². The zero-order chi connectivity index (χ0) is 19.7. The van der Waals surface area contributed by atoms with Crippen LogP contribution in [0.3, 0.4) is 0 Å². The molecule has 2 aromatic carbocycles. The average Bonchev–Trinajstić information content (AvgIpc) is 3.10. The number of carbonyl (C=O) groups is 3. The minimum Gasteiger partial charge on any atom is -0.338 e. The Kier molecular flexibility index (Phi) is 4.86. The van der Waals surface area contributed by atoms with Gasteiger partial charge in [0.2, 0.25) is 17.7 Å². The van der Waals surface area contributed by atoms with E-state index in [2.05, 4.69) is 5.32 Å². The molecule has 0 spiro atoms. The molecule has 2 aliphatic rings. The Bertz CT molecular complexity index is 926. The number of carbonyl (C=O) groups excluding carboxylic acids is 3. The first-order valence-electron chi connectivity index (χ1n) is 9.55. The summed E-state index contributed by atoms with van der Waals surface area (Å²) < 4.78 is 0. The lowest BCUT2D eigenvalue weighted by atomic mass is 9.98. The number of hydrogen-bond donors (Lipinski definition) is 1. The highest BCUT2D eigenvalue weighted by Gasteiger charge is 2.35. The summed E-state index contributed by atoms with van der Waals surface area (Å²) in [5, 5.41) is 2.95. The molecule has 1 saturated heterocycles. The van der Waals surface area contributed by atoms with Gasteiger partial charge in [0.1, 0.15) is 0 Å². The second kappa shape index (κ2) is 7.46. The standard InChI is InChI=1S/C22H23N3O3/c1-15(26)24-10-9-16-7-8-19(11-17(16)13-24)23-22(28)18-12-21(27)25(14-18)20-5-3-2-4-6-20/h2-8,11,18H,9-10,12-14H2,1H3,(H,23,28). The van der Waals surface area contributed by atoms with E-state index in [1.165, 1.54) is 5.56 Å². The van der Waals surface area contributed by atoms with Crippen LogP contribution in [0.5, 0.6) is 0 Å². The third-order valence-electron chi connectivity index (χ3n) is 5.50. The smallest absolute Gasteiger partial charge is 0.229 e. The zero-order valence-corrected chi connectivity index (χ0v) is 15.9. The van der Waals surface area contributed by atoms with Gasteiger partial charge in [0.15, 0.2) is 0 Å². The number of nitrogens with one attached hydrogen (secondary N) is 1. The second-order valence-corrected chi connectivity index (χ2v) is 7.40. The first kappa shape index (κ1) is 18.2. The molecule has 3 amide bonds. The molecule has 2 aromatic rings. The van der Waals surface area contributed by atoms with Crippen LogP contribution in [0, 0.1) is 5.92 Å². The number of para-hydroxylation sites is 1. The largest absolute Gasteiger partial charge is 0.338 e. The Morgan fingerprint density at radius 2 is 1.86 bits per heavy atom. The highest BCUT2D eigenvalue weighted by Crippen LogP contribution is 2.27. The van der Waals surface area contributed by atoms with Gasteiger partial charge in [-0.2, -0.15) is 0 Å². The number of hydrogen-bond acceptors (Lipinski definition) is 3. The molecule has 4 rings (SSSR count). The number of anilines is 2. The highest BCUT2D eigenvalue weighted by atomic mass is 16.2. The van der Waals surface area contributed by atoms with Gasteiger partial charge in [0, 0.05) is 44.4 Å². The second-order valence-electron chi connectivity index (χ2n) is 7.40. The number of nitrogens with zero attached hydrogens (tertiary/aromatic N) is 2. The van der Waals surface area contributed by atoms with Crippen LogP contribution < -0.4 is 10.2 Å². The van der Waals surface area contributed by atoms with Gasteiger partial charge in [-0.3, -0.25) is 14.4 Å². The van der Waals surface area contributed by atoms with Gasteiger partial charge in [0.25, 0.3) is 0 Å². The van der Waals surface area contributed by atoms with E-state index in [1.807, 2.05) is 48.5 Å². The van der Waals surface area contributed by atoms with E-state index in [9.17, 15) is 14.4 Å². The first-order valence-corrected chi connectivity index (χ1v) is 9.55. The fourth-order valence-corrected chi connectivity index (χ4v) is 3.89. The molecule has 6 heteroatoms. The lowest BCUT2D eigenvalue weighted by Crippen LogP contribution is -2.34. The summed E-state index contributed by atoms with van der Waals surface area (Å²) in [4.78, 5) is 40.2. The van der Waals surface area contributed by atoms with Crippen molar-refractivity contribution in [1.82, 2.24) is 4.90 Å². The third-order valence-corrected chi connectivity index (χ3v) is 5.50. The van der Waals surface area contributed by atoms with Crippen molar-refractivity contribution >= 4 is 29.1 Å². The molecule has 28 heavy (non-hydrogen) atoms. The quantitative estimate of drug-likeness (QED) is 0.894. The van der Waals surface area contributed by atoms with Gasteiger partial charge in [-0.15, -0.1) is 0 Å². The van der Waals surface area contributed by atoms with Crippen LogP contribution in [0.2, 0.25) is 0 Å². The molecule has 2 heterocycles. The van der Waals surface area contributed by atoms with Crippen LogP contribution in [0.15, 0.2) is 48.5 Å². The molecule has 2 aliphatic heterocycles. The van der Waals surface area contributed by atoms with Crippen molar-refractivity contribution in [3.63, 3.8) is 0 Å². The van der Waals surface area contributed by atoms with Gasteiger partial charge in [-0.05, 0) is 41.8 Å². The predicted molar refractivity (Wildman–Crippen MR) is 107 cm³/mol. The molecule has 0 bridgehead atoms. The molecule has 144 valence electrons. The van der Waals surface area contributed by atoms with Crippen LogP contribution in [-0.4, -0.2) is 35.7 Å². The Morgan fingerprint density at radius 3 is 2.61 bits per heavy atom. The maximum absolute atomic E-state index is 12.7. The SMILES string of the molecule is CC(=O)N1CCc2ccc(NC(=O)C3CC(=O)N(c4ccccc4)C3)cc2C1. The van der Waals surface area contributed by atoms with E-state index >= 15 is 0 Å². The van der Waals surface area contributed by atoms with Crippen LogP contribution >= 0.6 is 0 Å². The van der Waals surface area contributed by atoms with Crippen molar-refractivity contribution in [3.8, 4) is 0 Å². The molecular formula is C22H23N3O3. The lowest BCUT2D eigenvalue weighted by molar-refractivity contribution is -0.129. The summed E-state index contributed by atoms with van der Waals surface area (Å²) in [6.45, 7) is 3.26. The van der Waals surface area contributed by atoms with Gasteiger partial charge in [-0.1, -0.05) is 24.3 Å². The van der Waals surface area contributed by atoms with E-state index in [1.54, 1.807) is 16.7 Å². The first-order chi connectivity index (χ1) is 13.5. The van der Waals surface area contributed by atoms with Crippen molar-refractivity contribution < 1.29 is 14.4 Å². The number of rotatable bonds is 3. The average molecular weight is 377 g/mol. The molecule has 1 N–H and O–H groups in total. The van der Waals surface area contributed by atoms with E-state index in [0.29, 0.717) is 18.8 Å². The molecule has 0 aromatic heterocycles. The van der Waals surface area contributed by atoms with Crippen LogP contribution in [0.25, 0.3) is 0 Å². The third kappa shape index (κ3) is 3.63. The van der Waals surface area contributed by atoms with Crippen LogP contribution in [0.4, 0.5) is 11.4 Å². The van der Waals surface area contributed by atoms with Crippen molar-refractivity contribution in [2.24, 2.45) is 5.92 Å². The van der Waals surface area contributed by atoms with Crippen LogP contribution in [0.1, 0.15) is 24.5 Å². The maximum Gasteiger partial charge on any atom is 0.229 e. The molecule has 0 radical (unpaired) electrons. The normalized spacial score (nSPS) is 18.8. The molecule has 0 aliphatic carbocycles. The van der Waals surface area contributed by atoms with Crippen molar-refractivity contribution in [1.29, 1.82) is 0 Å². The summed E-state index contributed by atoms with van der Waals surface area (Å²) in [5.41, 5.74) is 3.80. The summed E-state index contributed by atoms with van der Waals surface area (Å²) in [6, 6.07) is 15.3. The fourth-order valence-electron chi connectivity index (χ4n) is 3.89. The summed E-state index contributed by atoms with van der Waals surface area (Å²) >= 11 is 0. The topological polar surface area (TPSA) is 69.7 Å². The summed E-state index contributed by atoms with van der Waals surface area (Å²) in [7, 11) is 0. The number of amides is 3. The van der Waals surface area contributed by atoms with Crippen molar-refractivity contribution in [2.45, 2.75) is 26.3 Å². The minimum absolute atomic E-state index is 0.0334. The molecular weight excluding hydrogens is 354 g/mol. The highest BCUT2D eigenvalue weighted by molar-refractivity contribution is 6.03. The van der Waals surface area contributed by atoms with E-state index in [-0.39, 0.29) is 30.1 Å². The summed E-state index contributed by atoms with van der Waals surface area (Å²) in [6.07, 6.45) is 1.04. The van der Waals surface area contributed by atoms with Crippen molar-refractivity contribution in [3.05, 3.63) is 59.7 Å². The van der Waals surface area contributed by atoms with Gasteiger partial charge in [-0.25, -0.2) is 0 Å². The zero-order valence-electron chi connectivity index (χ0n) is 15.9. The number of benzene rings is 2. The van der Waals surface area contributed by atoms with Crippen LogP contribution in [-0.2, 0) is 27.3 Å².